The number of hydrogen-bond donors (Lipinski definition) is 1. The number of rotatable bonds is 5. The smallest absolute Gasteiger partial charge is 0.245 e. The summed E-state index contributed by atoms with van der Waals surface area (Å²) in [5.41, 5.74) is 2.13. The van der Waals surface area contributed by atoms with Gasteiger partial charge in [-0.15, -0.1) is 0 Å². The Hall–Kier alpha value is -2.67. The van der Waals surface area contributed by atoms with E-state index in [4.69, 9.17) is 0 Å². The molecule has 0 bridgehead atoms. The number of aromatic nitrogens is 2. The molecule has 3 heterocycles. The van der Waals surface area contributed by atoms with Gasteiger partial charge in [0.25, 0.3) is 0 Å². The van der Waals surface area contributed by atoms with Crippen molar-refractivity contribution >= 4 is 11.8 Å². The number of piperazine rings is 2. The molecule has 2 atom stereocenters. The summed E-state index contributed by atoms with van der Waals surface area (Å²) in [4.78, 5) is 30.0. The zero-order valence-corrected chi connectivity index (χ0v) is 17.9. The first kappa shape index (κ1) is 20.2. The van der Waals surface area contributed by atoms with E-state index in [-0.39, 0.29) is 23.9 Å². The first-order valence-electron chi connectivity index (χ1n) is 11.6. The van der Waals surface area contributed by atoms with Gasteiger partial charge in [-0.25, -0.2) is 4.68 Å². The Bertz CT molecular complexity index is 921. The summed E-state index contributed by atoms with van der Waals surface area (Å²) in [5.74, 6) is 0.693. The van der Waals surface area contributed by atoms with E-state index in [1.54, 1.807) is 0 Å². The van der Waals surface area contributed by atoms with Crippen molar-refractivity contribution in [1.29, 1.82) is 0 Å². The number of nitrogens with zero attached hydrogens (tertiary/aromatic N) is 4. The van der Waals surface area contributed by atoms with Gasteiger partial charge in [-0.2, -0.15) is 5.10 Å². The highest BCUT2D eigenvalue weighted by molar-refractivity contribution is 5.97. The summed E-state index contributed by atoms with van der Waals surface area (Å²) in [6.07, 6.45) is 10.9. The fraction of sp³-hybridized carbons (Fsp3) is 0.542. The van der Waals surface area contributed by atoms with Crippen molar-refractivity contribution in [2.45, 2.75) is 57.2 Å². The second kappa shape index (κ2) is 8.83. The third-order valence-corrected chi connectivity index (χ3v) is 7.02. The molecule has 5 rings (SSSR count). The zero-order valence-electron chi connectivity index (χ0n) is 17.9. The summed E-state index contributed by atoms with van der Waals surface area (Å²) in [6, 6.07) is 9.32. The fourth-order valence-electron chi connectivity index (χ4n) is 5.34. The molecule has 164 valence electrons. The molecule has 2 amide bonds. The lowest BCUT2D eigenvalue weighted by atomic mass is 9.84. The van der Waals surface area contributed by atoms with Crippen molar-refractivity contribution in [2.75, 3.05) is 19.6 Å². The summed E-state index contributed by atoms with van der Waals surface area (Å²) in [6.45, 7) is 2.70. The van der Waals surface area contributed by atoms with Crippen molar-refractivity contribution in [1.82, 2.24) is 24.9 Å². The Kier molecular flexibility index (Phi) is 5.76. The molecule has 2 saturated heterocycles. The molecule has 7 nitrogen and oxygen atoms in total. The fourth-order valence-corrected chi connectivity index (χ4v) is 5.34. The van der Waals surface area contributed by atoms with Crippen LogP contribution in [0.15, 0.2) is 42.7 Å². The number of para-hydroxylation sites is 1. The normalized spacial score (nSPS) is 25.4. The van der Waals surface area contributed by atoms with Crippen LogP contribution in [0.1, 0.15) is 44.1 Å². The van der Waals surface area contributed by atoms with Crippen LogP contribution < -0.4 is 5.32 Å². The van der Waals surface area contributed by atoms with Crippen LogP contribution in [0.5, 0.6) is 0 Å². The van der Waals surface area contributed by atoms with Gasteiger partial charge in [0.05, 0.1) is 11.9 Å². The van der Waals surface area contributed by atoms with Crippen LogP contribution in [0.25, 0.3) is 5.69 Å². The van der Waals surface area contributed by atoms with Gasteiger partial charge >= 0.3 is 0 Å². The van der Waals surface area contributed by atoms with E-state index in [9.17, 15) is 9.59 Å². The van der Waals surface area contributed by atoms with Gasteiger partial charge in [0.1, 0.15) is 12.1 Å². The first-order chi connectivity index (χ1) is 15.2. The quantitative estimate of drug-likeness (QED) is 0.805. The topological polar surface area (TPSA) is 70.5 Å². The molecule has 1 aliphatic carbocycles. The zero-order chi connectivity index (χ0) is 21.2. The Morgan fingerprint density at radius 2 is 1.84 bits per heavy atom. The van der Waals surface area contributed by atoms with Crippen molar-refractivity contribution in [3.05, 3.63) is 48.3 Å². The minimum Gasteiger partial charge on any atom is -0.342 e. The van der Waals surface area contributed by atoms with Crippen molar-refractivity contribution in [3.63, 3.8) is 0 Å². The summed E-state index contributed by atoms with van der Waals surface area (Å²) in [7, 11) is 0. The molecular weight excluding hydrogens is 390 g/mol. The Morgan fingerprint density at radius 3 is 2.65 bits per heavy atom. The van der Waals surface area contributed by atoms with E-state index < -0.39 is 0 Å². The van der Waals surface area contributed by atoms with Crippen molar-refractivity contribution < 1.29 is 9.59 Å². The molecule has 2 aliphatic heterocycles. The van der Waals surface area contributed by atoms with Gasteiger partial charge in [0, 0.05) is 37.9 Å². The Labute approximate surface area is 183 Å². The highest BCUT2D eigenvalue weighted by atomic mass is 16.2. The van der Waals surface area contributed by atoms with Gasteiger partial charge in [-0.05, 0) is 24.5 Å². The predicted octanol–water partition coefficient (Wildman–Crippen LogP) is 2.35. The largest absolute Gasteiger partial charge is 0.342 e. The standard InChI is InChI=1S/C24H31N5O2/c30-23-22-17-27(15-19-14-25-29(16-19)20-9-5-2-6-10-20)11-12-28(22)24(31)21(26-23)13-18-7-3-1-4-8-18/h2,5-6,9-10,14,16,18,21-22H,1,3-4,7-8,11-13,15,17H2,(H,26,30)/t21-,22+/m0/s1. The second-order valence-electron chi connectivity index (χ2n) is 9.21. The molecule has 2 aromatic rings. The Morgan fingerprint density at radius 1 is 1.03 bits per heavy atom. The molecule has 7 heteroatoms. The Balaban J connectivity index is 1.20. The molecule has 0 unspecified atom stereocenters. The number of amides is 2. The molecule has 1 aromatic carbocycles. The number of hydrogen-bond acceptors (Lipinski definition) is 4. The van der Waals surface area contributed by atoms with E-state index in [1.807, 2.05) is 52.3 Å². The minimum absolute atomic E-state index is 0.00471. The van der Waals surface area contributed by atoms with Crippen LogP contribution in [0.2, 0.25) is 0 Å². The van der Waals surface area contributed by atoms with Gasteiger partial charge in [0.15, 0.2) is 0 Å². The van der Waals surface area contributed by atoms with E-state index in [0.717, 1.165) is 30.8 Å². The summed E-state index contributed by atoms with van der Waals surface area (Å²) < 4.78 is 1.87. The van der Waals surface area contributed by atoms with E-state index >= 15 is 0 Å². The van der Waals surface area contributed by atoms with Crippen molar-refractivity contribution in [2.24, 2.45) is 5.92 Å². The highest BCUT2D eigenvalue weighted by Crippen LogP contribution is 2.29. The van der Waals surface area contributed by atoms with Crippen LogP contribution in [-0.2, 0) is 16.1 Å². The molecule has 0 spiro atoms. The van der Waals surface area contributed by atoms with E-state index in [2.05, 4.69) is 15.3 Å². The number of carbonyl (C=O) groups excluding carboxylic acids is 2. The first-order valence-corrected chi connectivity index (χ1v) is 11.6. The maximum Gasteiger partial charge on any atom is 0.245 e. The summed E-state index contributed by atoms with van der Waals surface area (Å²) >= 11 is 0. The molecule has 1 saturated carbocycles. The maximum absolute atomic E-state index is 13.1. The van der Waals surface area contributed by atoms with E-state index in [1.165, 1.54) is 32.1 Å². The third kappa shape index (κ3) is 4.37. The number of fused-ring (bicyclic) bond motifs is 1. The molecule has 1 N–H and O–H groups in total. The summed E-state index contributed by atoms with van der Waals surface area (Å²) in [5, 5.41) is 7.52. The average molecular weight is 422 g/mol. The molecule has 3 aliphatic rings. The van der Waals surface area contributed by atoms with Crippen LogP contribution >= 0.6 is 0 Å². The molecule has 0 radical (unpaired) electrons. The maximum atomic E-state index is 13.1. The molecular formula is C24H31N5O2. The molecule has 3 fully saturated rings. The lowest BCUT2D eigenvalue weighted by molar-refractivity contribution is -0.153. The average Bonchev–Trinajstić information content (AvgIpc) is 3.27. The SMILES string of the molecule is O=C1N[C@@H](CC2CCCCC2)C(=O)N2CCN(Cc3cnn(-c4ccccc4)c3)C[C@H]12. The number of nitrogens with one attached hydrogen (secondary N) is 1. The lowest BCUT2D eigenvalue weighted by Gasteiger charge is -2.45. The third-order valence-electron chi connectivity index (χ3n) is 7.02. The van der Waals surface area contributed by atoms with Gasteiger partial charge < -0.3 is 10.2 Å². The monoisotopic (exact) mass is 421 g/mol. The van der Waals surface area contributed by atoms with Gasteiger partial charge in [-0.3, -0.25) is 14.5 Å². The molecule has 1 aromatic heterocycles. The van der Waals surface area contributed by atoms with Crippen LogP contribution in [-0.4, -0.2) is 63.1 Å². The van der Waals surface area contributed by atoms with Crippen LogP contribution in [0, 0.1) is 5.92 Å². The van der Waals surface area contributed by atoms with E-state index in [0.29, 0.717) is 19.0 Å². The van der Waals surface area contributed by atoms with Crippen molar-refractivity contribution in [3.8, 4) is 5.69 Å². The molecule has 31 heavy (non-hydrogen) atoms. The minimum atomic E-state index is -0.381. The van der Waals surface area contributed by atoms with Gasteiger partial charge in [-0.1, -0.05) is 50.3 Å². The second-order valence-corrected chi connectivity index (χ2v) is 9.21. The van der Waals surface area contributed by atoms with Crippen LogP contribution in [0.4, 0.5) is 0 Å². The highest BCUT2D eigenvalue weighted by Gasteiger charge is 2.43. The van der Waals surface area contributed by atoms with Gasteiger partial charge in [0.2, 0.25) is 11.8 Å². The predicted molar refractivity (Wildman–Crippen MR) is 117 cm³/mol. The number of benzene rings is 1. The lowest BCUT2D eigenvalue weighted by Crippen LogP contribution is -2.69. The number of carbonyl (C=O) groups is 2. The van der Waals surface area contributed by atoms with Crippen LogP contribution in [0.3, 0.4) is 0 Å².